The van der Waals surface area contributed by atoms with Gasteiger partial charge in [0.05, 0.1) is 24.0 Å². The number of ether oxygens (including phenoxy) is 4. The molecular formula is C30H26BrIN2O5. The summed E-state index contributed by atoms with van der Waals surface area (Å²) < 4.78 is 24.7. The zero-order valence-corrected chi connectivity index (χ0v) is 25.1. The molecule has 0 unspecified atom stereocenters. The van der Waals surface area contributed by atoms with E-state index in [2.05, 4.69) is 49.0 Å². The number of amides is 1. The first-order valence-corrected chi connectivity index (χ1v) is 13.8. The molecular weight excluding hydrogens is 675 g/mol. The third-order valence-electron chi connectivity index (χ3n) is 5.59. The predicted molar refractivity (Wildman–Crippen MR) is 163 cm³/mol. The van der Waals surface area contributed by atoms with Crippen molar-refractivity contribution in [3.63, 3.8) is 0 Å². The Labute approximate surface area is 249 Å². The molecule has 0 aliphatic heterocycles. The average molecular weight is 701 g/mol. The topological polar surface area (TPSA) is 78.4 Å². The highest BCUT2D eigenvalue weighted by atomic mass is 127. The maximum absolute atomic E-state index is 12.7. The average Bonchev–Trinajstić information content (AvgIpc) is 2.96. The molecule has 0 aliphatic carbocycles. The Balaban J connectivity index is 1.38. The van der Waals surface area contributed by atoms with Gasteiger partial charge in [-0.25, -0.2) is 5.43 Å². The van der Waals surface area contributed by atoms with Gasteiger partial charge in [0.1, 0.15) is 13.2 Å². The standard InChI is InChI=1S/C30H26BrIN2O5/c1-36-27-16-23(10-13-26(27)38-18-20-6-4-3-5-7-20)30(35)34-33-17-22-14-25(32)29(28(15-22)37-2)39-19-21-8-11-24(31)12-9-21/h3-17H,18-19H2,1-2H3,(H,34,35)/b33-17+. The minimum atomic E-state index is -0.379. The molecule has 0 atom stereocenters. The Morgan fingerprint density at radius 3 is 2.26 bits per heavy atom. The summed E-state index contributed by atoms with van der Waals surface area (Å²) >= 11 is 5.63. The summed E-state index contributed by atoms with van der Waals surface area (Å²) in [5.74, 6) is 1.84. The minimum absolute atomic E-state index is 0.379. The Hall–Kier alpha value is -3.57. The molecule has 0 saturated heterocycles. The van der Waals surface area contributed by atoms with Crippen molar-refractivity contribution in [2.45, 2.75) is 13.2 Å². The van der Waals surface area contributed by atoms with E-state index in [-0.39, 0.29) is 5.91 Å². The fourth-order valence-corrected chi connectivity index (χ4v) is 4.63. The molecule has 39 heavy (non-hydrogen) atoms. The molecule has 7 nitrogen and oxygen atoms in total. The lowest BCUT2D eigenvalue weighted by atomic mass is 10.2. The number of hydrazone groups is 1. The largest absolute Gasteiger partial charge is 0.493 e. The lowest BCUT2D eigenvalue weighted by Crippen LogP contribution is -2.17. The molecule has 0 aliphatic rings. The number of hydrogen-bond acceptors (Lipinski definition) is 6. The second-order valence-corrected chi connectivity index (χ2v) is 10.4. The number of carbonyl (C=O) groups is 1. The van der Waals surface area contributed by atoms with Crippen LogP contribution in [0, 0.1) is 3.57 Å². The van der Waals surface area contributed by atoms with Crippen molar-refractivity contribution < 1.29 is 23.7 Å². The number of nitrogens with one attached hydrogen (secondary N) is 1. The number of carbonyl (C=O) groups excluding carboxylic acids is 1. The second kappa shape index (κ2) is 14.0. The van der Waals surface area contributed by atoms with Crippen molar-refractivity contribution in [2.75, 3.05) is 14.2 Å². The van der Waals surface area contributed by atoms with E-state index in [1.54, 1.807) is 37.6 Å². The third-order valence-corrected chi connectivity index (χ3v) is 6.92. The van der Waals surface area contributed by atoms with Crippen molar-refractivity contribution >= 4 is 50.6 Å². The summed E-state index contributed by atoms with van der Waals surface area (Å²) in [7, 11) is 3.12. The zero-order valence-electron chi connectivity index (χ0n) is 21.3. The van der Waals surface area contributed by atoms with Crippen LogP contribution in [0.3, 0.4) is 0 Å². The van der Waals surface area contributed by atoms with Crippen molar-refractivity contribution in [3.8, 4) is 23.0 Å². The summed E-state index contributed by atoms with van der Waals surface area (Å²) in [6.07, 6.45) is 1.55. The second-order valence-electron chi connectivity index (χ2n) is 8.29. The van der Waals surface area contributed by atoms with Crippen molar-refractivity contribution in [2.24, 2.45) is 5.10 Å². The number of hydrogen-bond donors (Lipinski definition) is 1. The summed E-state index contributed by atoms with van der Waals surface area (Å²) in [6, 6.07) is 26.4. The number of rotatable bonds is 11. The lowest BCUT2D eigenvalue weighted by Gasteiger charge is -2.13. The SMILES string of the molecule is COc1cc(C(=O)N/N=C/c2cc(I)c(OCc3ccc(Br)cc3)c(OC)c2)ccc1OCc1ccccc1. The van der Waals surface area contributed by atoms with Crippen LogP contribution in [0.4, 0.5) is 0 Å². The van der Waals surface area contributed by atoms with Gasteiger partial charge in [0, 0.05) is 10.0 Å². The van der Waals surface area contributed by atoms with E-state index in [0.29, 0.717) is 41.8 Å². The van der Waals surface area contributed by atoms with Gasteiger partial charge in [0.25, 0.3) is 5.91 Å². The molecule has 4 rings (SSSR count). The van der Waals surface area contributed by atoms with E-state index in [0.717, 1.165) is 24.7 Å². The normalized spacial score (nSPS) is 10.8. The molecule has 1 N–H and O–H groups in total. The van der Waals surface area contributed by atoms with Crippen molar-refractivity contribution in [3.05, 3.63) is 115 Å². The van der Waals surface area contributed by atoms with E-state index in [1.807, 2.05) is 60.7 Å². The molecule has 0 aromatic heterocycles. The van der Waals surface area contributed by atoms with E-state index < -0.39 is 0 Å². The molecule has 0 heterocycles. The molecule has 0 bridgehead atoms. The number of halogens is 2. The summed E-state index contributed by atoms with van der Waals surface area (Å²) in [5, 5.41) is 4.12. The predicted octanol–water partition coefficient (Wildman–Crippen LogP) is 6.99. The third kappa shape index (κ3) is 7.96. The first-order valence-electron chi connectivity index (χ1n) is 11.9. The smallest absolute Gasteiger partial charge is 0.271 e. The monoisotopic (exact) mass is 700 g/mol. The fraction of sp³-hybridized carbons (Fsp3) is 0.133. The highest BCUT2D eigenvalue weighted by Crippen LogP contribution is 2.34. The minimum Gasteiger partial charge on any atom is -0.493 e. The number of methoxy groups -OCH3 is 2. The van der Waals surface area contributed by atoms with Gasteiger partial charge in [0.2, 0.25) is 0 Å². The van der Waals surface area contributed by atoms with Gasteiger partial charge in [-0.3, -0.25) is 4.79 Å². The van der Waals surface area contributed by atoms with Gasteiger partial charge >= 0.3 is 0 Å². The van der Waals surface area contributed by atoms with Crippen LogP contribution in [0.5, 0.6) is 23.0 Å². The Morgan fingerprint density at radius 2 is 1.54 bits per heavy atom. The lowest BCUT2D eigenvalue weighted by molar-refractivity contribution is 0.0954. The summed E-state index contributed by atoms with van der Waals surface area (Å²) in [5.41, 5.74) is 5.76. The summed E-state index contributed by atoms with van der Waals surface area (Å²) in [4.78, 5) is 12.7. The van der Waals surface area contributed by atoms with Crippen molar-refractivity contribution in [1.29, 1.82) is 0 Å². The highest BCUT2D eigenvalue weighted by molar-refractivity contribution is 14.1. The molecule has 200 valence electrons. The van der Waals surface area contributed by atoms with E-state index >= 15 is 0 Å². The molecule has 4 aromatic carbocycles. The highest BCUT2D eigenvalue weighted by Gasteiger charge is 2.13. The van der Waals surface area contributed by atoms with Gasteiger partial charge in [-0.05, 0) is 81.7 Å². The first-order chi connectivity index (χ1) is 19.0. The summed E-state index contributed by atoms with van der Waals surface area (Å²) in [6.45, 7) is 0.798. The van der Waals surface area contributed by atoms with Gasteiger partial charge in [0.15, 0.2) is 23.0 Å². The quantitative estimate of drug-likeness (QED) is 0.104. The molecule has 4 aromatic rings. The fourth-order valence-electron chi connectivity index (χ4n) is 3.58. The van der Waals surface area contributed by atoms with Crippen LogP contribution in [-0.2, 0) is 13.2 Å². The van der Waals surface area contributed by atoms with Crippen LogP contribution in [0.1, 0.15) is 27.0 Å². The van der Waals surface area contributed by atoms with Gasteiger partial charge in [-0.2, -0.15) is 5.10 Å². The van der Waals surface area contributed by atoms with E-state index in [9.17, 15) is 4.79 Å². The Morgan fingerprint density at radius 1 is 0.846 bits per heavy atom. The Kier molecular flexibility index (Phi) is 10.2. The maximum atomic E-state index is 12.7. The van der Waals surface area contributed by atoms with Crippen LogP contribution in [0.2, 0.25) is 0 Å². The van der Waals surface area contributed by atoms with Gasteiger partial charge in [-0.1, -0.05) is 58.4 Å². The molecule has 9 heteroatoms. The number of nitrogens with zero attached hydrogens (tertiary/aromatic N) is 1. The molecule has 0 fully saturated rings. The molecule has 0 radical (unpaired) electrons. The maximum Gasteiger partial charge on any atom is 0.271 e. The van der Waals surface area contributed by atoms with Crippen LogP contribution in [0.25, 0.3) is 0 Å². The van der Waals surface area contributed by atoms with Crippen LogP contribution >= 0.6 is 38.5 Å². The van der Waals surface area contributed by atoms with Crippen LogP contribution < -0.4 is 24.4 Å². The van der Waals surface area contributed by atoms with Crippen LogP contribution in [0.15, 0.2) is 94.5 Å². The number of benzene rings is 4. The molecule has 1 amide bonds. The van der Waals surface area contributed by atoms with Crippen molar-refractivity contribution in [1.82, 2.24) is 5.43 Å². The van der Waals surface area contributed by atoms with Crippen LogP contribution in [-0.4, -0.2) is 26.3 Å². The van der Waals surface area contributed by atoms with Gasteiger partial charge < -0.3 is 18.9 Å². The van der Waals surface area contributed by atoms with E-state index in [1.165, 1.54) is 7.11 Å². The Bertz CT molecular complexity index is 1450. The zero-order chi connectivity index (χ0) is 27.6. The van der Waals surface area contributed by atoms with E-state index in [4.69, 9.17) is 18.9 Å². The first kappa shape index (κ1) is 28.4. The molecule has 0 spiro atoms. The molecule has 0 saturated carbocycles. The van der Waals surface area contributed by atoms with Gasteiger partial charge in [-0.15, -0.1) is 0 Å².